The lowest BCUT2D eigenvalue weighted by Gasteiger charge is -2.37. The lowest BCUT2D eigenvalue weighted by atomic mass is 9.94. The molecule has 29 heavy (non-hydrogen) atoms. The number of rotatable bonds is 8. The number of aromatic hydroxyl groups is 2. The van der Waals surface area contributed by atoms with E-state index in [1.807, 2.05) is 36.4 Å². The topological polar surface area (TPSA) is 60.8 Å². The second-order valence-corrected chi connectivity index (χ2v) is 7.53. The van der Waals surface area contributed by atoms with Gasteiger partial charge in [-0.15, -0.1) is 0 Å². The number of allylic oxidation sites excluding steroid dienone is 2. The van der Waals surface area contributed by atoms with Gasteiger partial charge in [0, 0.05) is 24.7 Å². The molecule has 0 fully saturated rings. The van der Waals surface area contributed by atoms with Gasteiger partial charge in [-0.3, -0.25) is 4.79 Å². The van der Waals surface area contributed by atoms with Crippen molar-refractivity contribution in [2.75, 3.05) is 6.54 Å². The molecule has 0 spiro atoms. The molecule has 0 amide bonds. The maximum atomic E-state index is 12.5. The summed E-state index contributed by atoms with van der Waals surface area (Å²) in [5.41, 5.74) is 2.91. The van der Waals surface area contributed by atoms with E-state index >= 15 is 0 Å². The second-order valence-electron chi connectivity index (χ2n) is 7.53. The van der Waals surface area contributed by atoms with Crippen LogP contribution in [0.4, 0.5) is 0 Å². The zero-order valence-corrected chi connectivity index (χ0v) is 16.9. The quantitative estimate of drug-likeness (QED) is 0.576. The van der Waals surface area contributed by atoms with Crippen LogP contribution in [0, 0.1) is 0 Å². The summed E-state index contributed by atoms with van der Waals surface area (Å²) < 4.78 is 0. The Balaban J connectivity index is 1.86. The monoisotopic (exact) mass is 391 g/mol. The van der Waals surface area contributed by atoms with E-state index in [-0.39, 0.29) is 23.3 Å². The molecule has 0 aromatic heterocycles. The maximum Gasteiger partial charge on any atom is 0.160 e. The number of phenolic OH excluding ortho intramolecular Hbond substituents is 2. The van der Waals surface area contributed by atoms with Gasteiger partial charge >= 0.3 is 0 Å². The molecule has 0 aliphatic carbocycles. The van der Waals surface area contributed by atoms with E-state index in [9.17, 15) is 15.0 Å². The van der Waals surface area contributed by atoms with Crippen molar-refractivity contribution < 1.29 is 15.0 Å². The first-order valence-corrected chi connectivity index (χ1v) is 10.3. The summed E-state index contributed by atoms with van der Waals surface area (Å²) >= 11 is 0. The molecule has 0 saturated carbocycles. The van der Waals surface area contributed by atoms with Crippen LogP contribution in [0.3, 0.4) is 0 Å². The number of nitrogens with zero attached hydrogens (tertiary/aromatic N) is 1. The van der Waals surface area contributed by atoms with Crippen molar-refractivity contribution in [1.82, 2.24) is 4.90 Å². The van der Waals surface area contributed by atoms with Crippen LogP contribution >= 0.6 is 0 Å². The van der Waals surface area contributed by atoms with Gasteiger partial charge in [0.1, 0.15) is 11.5 Å². The minimum atomic E-state index is -0.0332. The van der Waals surface area contributed by atoms with Crippen molar-refractivity contribution in [2.45, 2.75) is 45.1 Å². The predicted octanol–water partition coefficient (Wildman–Crippen LogP) is 5.59. The zero-order chi connectivity index (χ0) is 20.6. The molecular weight excluding hydrogens is 362 g/mol. The van der Waals surface area contributed by atoms with E-state index in [4.69, 9.17) is 0 Å². The smallest absolute Gasteiger partial charge is 0.160 e. The van der Waals surface area contributed by atoms with Gasteiger partial charge in [0.15, 0.2) is 5.78 Å². The Kier molecular flexibility index (Phi) is 7.12. The van der Waals surface area contributed by atoms with E-state index in [1.165, 1.54) is 12.8 Å². The summed E-state index contributed by atoms with van der Waals surface area (Å²) in [4.78, 5) is 14.8. The Hall–Kier alpha value is -3.01. The van der Waals surface area contributed by atoms with Crippen LogP contribution in [0.5, 0.6) is 11.5 Å². The van der Waals surface area contributed by atoms with Crippen LogP contribution in [0.2, 0.25) is 0 Å². The fourth-order valence-corrected chi connectivity index (χ4v) is 3.69. The van der Waals surface area contributed by atoms with Crippen LogP contribution in [0.15, 0.2) is 66.4 Å². The third-order valence-electron chi connectivity index (χ3n) is 5.28. The largest absolute Gasteiger partial charge is 0.508 e. The third-order valence-corrected chi connectivity index (χ3v) is 5.28. The number of carbonyl (C=O) groups is 1. The van der Waals surface area contributed by atoms with E-state index in [2.05, 4.69) is 11.8 Å². The molecule has 152 valence electrons. The molecule has 4 nitrogen and oxygen atoms in total. The Labute approximate surface area is 172 Å². The van der Waals surface area contributed by atoms with Crippen molar-refractivity contribution in [3.05, 3.63) is 77.5 Å². The van der Waals surface area contributed by atoms with Crippen molar-refractivity contribution in [2.24, 2.45) is 0 Å². The molecule has 1 atom stereocenters. The highest BCUT2D eigenvalue weighted by Crippen LogP contribution is 2.34. The van der Waals surface area contributed by atoms with Gasteiger partial charge in [-0.05, 0) is 47.9 Å². The fraction of sp³-hybridized carbons (Fsp3) is 0.320. The molecule has 1 unspecified atom stereocenters. The number of phenols is 2. The van der Waals surface area contributed by atoms with Gasteiger partial charge in [0.25, 0.3) is 0 Å². The Morgan fingerprint density at radius 1 is 0.931 bits per heavy atom. The summed E-state index contributed by atoms with van der Waals surface area (Å²) in [6.07, 6.45) is 10.7. The number of hydrogen-bond acceptors (Lipinski definition) is 4. The van der Waals surface area contributed by atoms with Crippen LogP contribution in [0.1, 0.15) is 56.2 Å². The van der Waals surface area contributed by atoms with Crippen LogP contribution in [-0.4, -0.2) is 27.4 Å². The third kappa shape index (κ3) is 5.74. The van der Waals surface area contributed by atoms with Crippen molar-refractivity contribution >= 4 is 11.9 Å². The highest BCUT2D eigenvalue weighted by molar-refractivity contribution is 5.92. The molecule has 4 heteroatoms. The highest BCUT2D eigenvalue weighted by Gasteiger charge is 2.28. The Morgan fingerprint density at radius 3 is 2.24 bits per heavy atom. The first-order valence-electron chi connectivity index (χ1n) is 10.3. The summed E-state index contributed by atoms with van der Waals surface area (Å²) in [6.45, 7) is 3.08. The second kappa shape index (κ2) is 9.97. The molecule has 0 bridgehead atoms. The van der Waals surface area contributed by atoms with E-state index in [0.29, 0.717) is 6.42 Å². The Morgan fingerprint density at radius 2 is 1.59 bits per heavy atom. The normalized spacial score (nSPS) is 17.0. The molecule has 2 aromatic carbocycles. The van der Waals surface area contributed by atoms with E-state index in [0.717, 1.165) is 36.2 Å². The molecule has 0 saturated heterocycles. The molecule has 3 rings (SSSR count). The zero-order valence-electron chi connectivity index (χ0n) is 16.9. The van der Waals surface area contributed by atoms with E-state index < -0.39 is 0 Å². The first kappa shape index (κ1) is 20.7. The van der Waals surface area contributed by atoms with Crippen molar-refractivity contribution in [3.63, 3.8) is 0 Å². The standard InChI is InChI=1S/C25H29NO3/c1-2-3-4-5-16-26-21(11-6-19-7-12-22(27)13-8-19)17-24(29)18-25(26)20-9-14-23(28)15-10-20/h6-15,17,25,27-28H,2-5,16,18H2,1H3/b11-6+. The summed E-state index contributed by atoms with van der Waals surface area (Å²) in [5.74, 6) is 0.575. The number of unbranched alkanes of at least 4 members (excludes halogenated alkanes) is 3. The highest BCUT2D eigenvalue weighted by atomic mass is 16.3. The van der Waals surface area contributed by atoms with Gasteiger partial charge in [0.2, 0.25) is 0 Å². The van der Waals surface area contributed by atoms with Gasteiger partial charge in [-0.2, -0.15) is 0 Å². The van der Waals surface area contributed by atoms with Crippen LogP contribution < -0.4 is 0 Å². The molecule has 2 aromatic rings. The lowest BCUT2D eigenvalue weighted by Crippen LogP contribution is -2.34. The SMILES string of the molecule is CCCCCCN1C(/C=C/c2ccc(O)cc2)=CC(=O)CC1c1ccc(O)cc1. The van der Waals surface area contributed by atoms with Crippen molar-refractivity contribution in [1.29, 1.82) is 0 Å². The van der Waals surface area contributed by atoms with Crippen LogP contribution in [-0.2, 0) is 4.79 Å². The number of hydrogen-bond donors (Lipinski definition) is 2. The summed E-state index contributed by atoms with van der Waals surface area (Å²) in [5, 5.41) is 19.1. The minimum Gasteiger partial charge on any atom is -0.508 e. The summed E-state index contributed by atoms with van der Waals surface area (Å²) in [6, 6.07) is 14.1. The van der Waals surface area contributed by atoms with Crippen molar-refractivity contribution in [3.8, 4) is 11.5 Å². The molecular formula is C25H29NO3. The number of benzene rings is 2. The Bertz CT molecular complexity index is 866. The molecule has 2 N–H and O–H groups in total. The van der Waals surface area contributed by atoms with Gasteiger partial charge in [-0.25, -0.2) is 0 Å². The molecule has 1 aliphatic heterocycles. The molecule has 1 heterocycles. The summed E-state index contributed by atoms with van der Waals surface area (Å²) in [7, 11) is 0. The first-order chi connectivity index (χ1) is 14.1. The predicted molar refractivity (Wildman–Crippen MR) is 117 cm³/mol. The molecule has 1 aliphatic rings. The fourth-order valence-electron chi connectivity index (χ4n) is 3.69. The minimum absolute atomic E-state index is 0.0332. The van der Waals surface area contributed by atoms with E-state index in [1.54, 1.807) is 30.3 Å². The number of carbonyl (C=O) groups excluding carboxylic acids is 1. The molecule has 0 radical (unpaired) electrons. The average molecular weight is 392 g/mol. The maximum absolute atomic E-state index is 12.5. The average Bonchev–Trinajstić information content (AvgIpc) is 2.72. The van der Waals surface area contributed by atoms with Crippen LogP contribution in [0.25, 0.3) is 6.08 Å². The number of ketones is 1. The lowest BCUT2D eigenvalue weighted by molar-refractivity contribution is -0.116. The van der Waals surface area contributed by atoms with Gasteiger partial charge < -0.3 is 15.1 Å². The van der Waals surface area contributed by atoms with Gasteiger partial charge in [-0.1, -0.05) is 56.5 Å². The van der Waals surface area contributed by atoms with Gasteiger partial charge in [0.05, 0.1) is 6.04 Å².